The molecule has 4 rings (SSSR count). The first-order valence-corrected chi connectivity index (χ1v) is 10.1. The summed E-state index contributed by atoms with van der Waals surface area (Å²) in [6.07, 6.45) is 1.88. The number of benzene rings is 2. The van der Waals surface area contributed by atoms with Gasteiger partial charge in [0.15, 0.2) is 0 Å². The van der Waals surface area contributed by atoms with Gasteiger partial charge in [-0.2, -0.15) is 4.68 Å². The lowest BCUT2D eigenvalue weighted by molar-refractivity contribution is 0.103. The average Bonchev–Trinajstić information content (AvgIpc) is 3.26. The Bertz CT molecular complexity index is 1160. The van der Waals surface area contributed by atoms with Crippen molar-refractivity contribution in [2.24, 2.45) is 0 Å². The number of halogens is 2. The molecule has 0 saturated heterocycles. The van der Waals surface area contributed by atoms with Crippen LogP contribution in [0.25, 0.3) is 15.8 Å². The summed E-state index contributed by atoms with van der Waals surface area (Å²) in [4.78, 5) is 13.0. The van der Waals surface area contributed by atoms with Gasteiger partial charge in [-0.05, 0) is 53.1 Å². The van der Waals surface area contributed by atoms with Gasteiger partial charge in [-0.3, -0.25) is 4.79 Å². The molecule has 136 valence electrons. The number of carbonyl (C=O) groups is 1. The molecular formula is C17H11ClFN5OS2. The zero-order valence-corrected chi connectivity index (χ0v) is 16.2. The van der Waals surface area contributed by atoms with E-state index in [0.29, 0.717) is 36.5 Å². The average molecular weight is 420 g/mol. The highest BCUT2D eigenvalue weighted by molar-refractivity contribution is 7.98. The first-order valence-electron chi connectivity index (χ1n) is 7.68. The second kappa shape index (κ2) is 7.26. The van der Waals surface area contributed by atoms with Crippen molar-refractivity contribution >= 4 is 56.4 Å². The predicted octanol–water partition coefficient (Wildman–Crippen LogP) is 4.64. The van der Waals surface area contributed by atoms with Gasteiger partial charge in [-0.1, -0.05) is 29.4 Å². The number of anilines is 1. The van der Waals surface area contributed by atoms with Crippen LogP contribution >= 0.6 is 34.7 Å². The van der Waals surface area contributed by atoms with Crippen molar-refractivity contribution < 1.29 is 9.18 Å². The number of aromatic nitrogens is 4. The highest BCUT2D eigenvalue weighted by atomic mass is 35.5. The molecule has 0 spiro atoms. The van der Waals surface area contributed by atoms with Gasteiger partial charge in [0.25, 0.3) is 5.91 Å². The van der Waals surface area contributed by atoms with Crippen LogP contribution in [-0.4, -0.2) is 32.4 Å². The quantitative estimate of drug-likeness (QED) is 0.488. The molecule has 0 fully saturated rings. The molecular weight excluding hydrogens is 409 g/mol. The maximum Gasteiger partial charge on any atom is 0.267 e. The molecule has 0 aliphatic heterocycles. The van der Waals surface area contributed by atoms with Crippen LogP contribution in [0, 0.1) is 5.82 Å². The number of tetrazole rings is 1. The number of nitrogens with one attached hydrogen (secondary N) is 1. The van der Waals surface area contributed by atoms with E-state index < -0.39 is 0 Å². The number of amides is 1. The van der Waals surface area contributed by atoms with Gasteiger partial charge in [-0.15, -0.1) is 16.4 Å². The Morgan fingerprint density at radius 3 is 2.96 bits per heavy atom. The molecule has 0 radical (unpaired) electrons. The van der Waals surface area contributed by atoms with Gasteiger partial charge in [0.2, 0.25) is 5.16 Å². The monoisotopic (exact) mass is 419 g/mol. The van der Waals surface area contributed by atoms with Crippen LogP contribution in [-0.2, 0) is 0 Å². The third-order valence-electron chi connectivity index (χ3n) is 3.77. The molecule has 4 aromatic rings. The molecule has 27 heavy (non-hydrogen) atoms. The molecule has 6 nitrogen and oxygen atoms in total. The van der Waals surface area contributed by atoms with Gasteiger partial charge in [-0.25, -0.2) is 4.39 Å². The van der Waals surface area contributed by atoms with Crippen molar-refractivity contribution in [3.63, 3.8) is 0 Å². The summed E-state index contributed by atoms with van der Waals surface area (Å²) in [7, 11) is 0. The molecule has 0 aliphatic carbocycles. The Labute approximate surface area is 166 Å². The molecule has 2 aromatic heterocycles. The molecule has 0 unspecified atom stereocenters. The Balaban J connectivity index is 1.64. The van der Waals surface area contributed by atoms with Crippen molar-refractivity contribution in [1.82, 2.24) is 20.2 Å². The molecule has 0 bridgehead atoms. The Morgan fingerprint density at radius 1 is 1.30 bits per heavy atom. The minimum Gasteiger partial charge on any atom is -0.321 e. The van der Waals surface area contributed by atoms with E-state index in [1.807, 2.05) is 12.3 Å². The van der Waals surface area contributed by atoms with E-state index in [1.54, 1.807) is 28.9 Å². The minimum absolute atomic E-state index is 0.314. The molecule has 1 amide bonds. The number of carbonyl (C=O) groups excluding carboxylic acids is 1. The molecule has 2 heterocycles. The number of nitrogens with zero attached hydrogens (tertiary/aromatic N) is 4. The number of thioether (sulfide) groups is 1. The highest BCUT2D eigenvalue weighted by Crippen LogP contribution is 2.36. The van der Waals surface area contributed by atoms with Crippen molar-refractivity contribution in [3.8, 4) is 5.69 Å². The normalized spacial score (nSPS) is 11.1. The van der Waals surface area contributed by atoms with Gasteiger partial charge >= 0.3 is 0 Å². The van der Waals surface area contributed by atoms with E-state index in [2.05, 4.69) is 20.8 Å². The van der Waals surface area contributed by atoms with Gasteiger partial charge in [0.05, 0.1) is 10.7 Å². The molecule has 2 aromatic carbocycles. The summed E-state index contributed by atoms with van der Waals surface area (Å²) in [5.74, 6) is -0.730. The zero-order valence-electron chi connectivity index (χ0n) is 13.8. The lowest BCUT2D eigenvalue weighted by Gasteiger charge is -2.07. The van der Waals surface area contributed by atoms with Crippen LogP contribution in [0.4, 0.5) is 10.1 Å². The van der Waals surface area contributed by atoms with Crippen LogP contribution in [0.5, 0.6) is 0 Å². The van der Waals surface area contributed by atoms with Gasteiger partial charge in [0, 0.05) is 15.8 Å². The van der Waals surface area contributed by atoms with E-state index in [4.69, 9.17) is 11.6 Å². The highest BCUT2D eigenvalue weighted by Gasteiger charge is 2.18. The Hall–Kier alpha value is -2.49. The molecule has 0 atom stereocenters. The Morgan fingerprint density at radius 2 is 2.15 bits per heavy atom. The third kappa shape index (κ3) is 3.41. The van der Waals surface area contributed by atoms with Crippen molar-refractivity contribution in [2.75, 3.05) is 11.6 Å². The van der Waals surface area contributed by atoms with Crippen molar-refractivity contribution in [1.29, 1.82) is 0 Å². The van der Waals surface area contributed by atoms with Crippen molar-refractivity contribution in [3.05, 3.63) is 58.2 Å². The summed E-state index contributed by atoms with van der Waals surface area (Å²) < 4.78 is 15.6. The standard InChI is InChI=1S/C17H11ClFN5OS2/c1-26-17-21-22-23-24(17)11-4-2-3-10(8-11)20-16(25)15-14(18)12-6-5-9(19)7-13(12)27-15/h2-8H,1H3,(H,20,25). The first kappa shape index (κ1) is 17.9. The second-order valence-electron chi connectivity index (χ2n) is 5.47. The largest absolute Gasteiger partial charge is 0.321 e. The summed E-state index contributed by atoms with van der Waals surface area (Å²) in [6, 6.07) is 11.4. The summed E-state index contributed by atoms with van der Waals surface area (Å²) in [5, 5.41) is 16.0. The first-order chi connectivity index (χ1) is 13.1. The van der Waals surface area contributed by atoms with Gasteiger partial charge in [0.1, 0.15) is 10.7 Å². The maximum absolute atomic E-state index is 13.4. The molecule has 1 N–H and O–H groups in total. The van der Waals surface area contributed by atoms with Crippen LogP contribution in [0.3, 0.4) is 0 Å². The summed E-state index contributed by atoms with van der Waals surface area (Å²) in [6.45, 7) is 0. The molecule has 0 saturated carbocycles. The topological polar surface area (TPSA) is 72.7 Å². The number of hydrogen-bond acceptors (Lipinski definition) is 6. The third-order valence-corrected chi connectivity index (χ3v) is 6.05. The van der Waals surface area contributed by atoms with Crippen LogP contribution in [0.15, 0.2) is 47.6 Å². The smallest absolute Gasteiger partial charge is 0.267 e. The minimum atomic E-state index is -0.369. The van der Waals surface area contributed by atoms with Crippen molar-refractivity contribution in [2.45, 2.75) is 5.16 Å². The number of hydrogen-bond donors (Lipinski definition) is 1. The maximum atomic E-state index is 13.4. The fourth-order valence-electron chi connectivity index (χ4n) is 2.56. The lowest BCUT2D eigenvalue weighted by atomic mass is 10.2. The van der Waals surface area contributed by atoms with E-state index in [0.717, 1.165) is 11.3 Å². The number of fused-ring (bicyclic) bond motifs is 1. The van der Waals surface area contributed by atoms with E-state index in [1.165, 1.54) is 23.9 Å². The summed E-state index contributed by atoms with van der Waals surface area (Å²) >= 11 is 8.88. The van der Waals surface area contributed by atoms with Crippen LogP contribution in [0.2, 0.25) is 5.02 Å². The fourth-order valence-corrected chi connectivity index (χ4v) is 4.43. The summed E-state index contributed by atoms with van der Waals surface area (Å²) in [5.41, 5.74) is 1.28. The molecule has 0 aliphatic rings. The molecule has 10 heteroatoms. The second-order valence-corrected chi connectivity index (χ2v) is 7.67. The van der Waals surface area contributed by atoms with Gasteiger partial charge < -0.3 is 5.32 Å². The van der Waals surface area contributed by atoms with E-state index in [-0.39, 0.29) is 11.7 Å². The predicted molar refractivity (Wildman–Crippen MR) is 106 cm³/mol. The SMILES string of the molecule is CSc1nnnn1-c1cccc(NC(=O)c2sc3cc(F)ccc3c2Cl)c1. The van der Waals surface area contributed by atoms with Crippen LogP contribution < -0.4 is 5.32 Å². The zero-order chi connectivity index (χ0) is 19.0. The van der Waals surface area contributed by atoms with E-state index >= 15 is 0 Å². The van der Waals surface area contributed by atoms with E-state index in [9.17, 15) is 9.18 Å². The Kier molecular flexibility index (Phi) is 4.81. The van der Waals surface area contributed by atoms with Crippen LogP contribution in [0.1, 0.15) is 9.67 Å². The number of thiophene rings is 1. The number of rotatable bonds is 4. The fraction of sp³-hybridized carbons (Fsp3) is 0.0588. The lowest BCUT2D eigenvalue weighted by Crippen LogP contribution is -2.11.